The van der Waals surface area contributed by atoms with Crippen LogP contribution in [0, 0.1) is 28.6 Å². The second kappa shape index (κ2) is 5.74. The molecule has 0 radical (unpaired) electrons. The van der Waals surface area contributed by atoms with Crippen molar-refractivity contribution in [3.05, 3.63) is 34.4 Å². The van der Waals surface area contributed by atoms with Crippen molar-refractivity contribution >= 4 is 0 Å². The van der Waals surface area contributed by atoms with E-state index in [9.17, 15) is 15.0 Å². The molecule has 6 rings (SSSR count). The van der Waals surface area contributed by atoms with Gasteiger partial charge in [0.25, 0.3) is 0 Å². The number of aliphatic hydroxyl groups is 2. The zero-order valence-electron chi connectivity index (χ0n) is 17.3. The number of epoxide rings is 1. The molecular weight excluding hydrogens is 368 g/mol. The van der Waals surface area contributed by atoms with Gasteiger partial charge in [0.2, 0.25) is 0 Å². The molecule has 4 saturated carbocycles. The van der Waals surface area contributed by atoms with Crippen molar-refractivity contribution < 1.29 is 19.4 Å². The summed E-state index contributed by atoms with van der Waals surface area (Å²) in [5, 5.41) is 21.5. The Morgan fingerprint density at radius 2 is 1.86 bits per heavy atom. The van der Waals surface area contributed by atoms with Crippen molar-refractivity contribution in [1.82, 2.24) is 0 Å². The highest BCUT2D eigenvalue weighted by Gasteiger charge is 2.83. The van der Waals surface area contributed by atoms with Gasteiger partial charge in [-0.05, 0) is 79.7 Å². The summed E-state index contributed by atoms with van der Waals surface area (Å²) >= 11 is 0. The Hall–Kier alpha value is -1.17. The zero-order valence-corrected chi connectivity index (χ0v) is 17.3. The Morgan fingerprint density at radius 1 is 1.03 bits per heavy atom. The van der Waals surface area contributed by atoms with E-state index in [0.29, 0.717) is 17.8 Å². The number of aliphatic hydroxyl groups excluding tert-OH is 2. The lowest BCUT2D eigenvalue weighted by atomic mass is 9.44. The van der Waals surface area contributed by atoms with Crippen LogP contribution in [0.15, 0.2) is 27.6 Å². The van der Waals surface area contributed by atoms with Crippen LogP contribution in [0.2, 0.25) is 0 Å². The predicted octanol–water partition coefficient (Wildman–Crippen LogP) is 3.23. The molecule has 4 aliphatic carbocycles. The lowest BCUT2D eigenvalue weighted by molar-refractivity contribution is -0.143. The Morgan fingerprint density at radius 3 is 2.62 bits per heavy atom. The van der Waals surface area contributed by atoms with Crippen LogP contribution in [0.25, 0.3) is 0 Å². The van der Waals surface area contributed by atoms with Crippen molar-refractivity contribution in [3.8, 4) is 0 Å². The minimum atomic E-state index is -0.551. The first kappa shape index (κ1) is 18.6. The van der Waals surface area contributed by atoms with Crippen LogP contribution in [0.4, 0.5) is 0 Å². The van der Waals surface area contributed by atoms with Gasteiger partial charge in [-0.15, -0.1) is 0 Å². The highest BCUT2D eigenvalue weighted by Crippen LogP contribution is 2.77. The van der Waals surface area contributed by atoms with Crippen molar-refractivity contribution in [2.24, 2.45) is 28.6 Å². The largest absolute Gasteiger partial charge is 0.431 e. The fraction of sp³-hybridized carbons (Fsp3) is 0.792. The lowest BCUT2D eigenvalue weighted by Crippen LogP contribution is -2.58. The molecule has 1 aromatic heterocycles. The first-order chi connectivity index (χ1) is 13.8. The molecule has 158 valence electrons. The standard InChI is InChI=1S/C24H32O5/c1-22-9-7-15(25)11-14(22)4-5-17-16(22)8-10-23(2)19(13-3-6-18(26)28-12-13)20(27)21-24(17,23)29-21/h3,6,12,14-17,19-21,25,27H,4-5,7-11H2,1-2H3/t14-,15-,16+,17+,19-,20+,21+,22-,23+,24+/m0/s1. The number of hydrogen-bond acceptors (Lipinski definition) is 5. The second-order valence-corrected chi connectivity index (χ2v) is 11.1. The van der Waals surface area contributed by atoms with Crippen LogP contribution in [-0.4, -0.2) is 34.1 Å². The van der Waals surface area contributed by atoms with E-state index in [1.807, 2.05) is 6.07 Å². The molecule has 1 saturated heterocycles. The summed E-state index contributed by atoms with van der Waals surface area (Å²) in [7, 11) is 0. The Labute approximate surface area is 171 Å². The van der Waals surface area contributed by atoms with Crippen LogP contribution in [0.3, 0.4) is 0 Å². The molecular formula is C24H32O5. The summed E-state index contributed by atoms with van der Waals surface area (Å²) in [4.78, 5) is 11.5. The average Bonchev–Trinajstić information content (AvgIpc) is 3.40. The van der Waals surface area contributed by atoms with Crippen LogP contribution in [0.1, 0.15) is 70.3 Å². The molecule has 1 spiro atoms. The molecule has 5 heteroatoms. The Kier molecular flexibility index (Phi) is 3.68. The topological polar surface area (TPSA) is 83.2 Å². The summed E-state index contributed by atoms with van der Waals surface area (Å²) in [5.41, 5.74) is 0.457. The molecule has 5 fully saturated rings. The minimum Gasteiger partial charge on any atom is -0.431 e. The van der Waals surface area contributed by atoms with Gasteiger partial charge in [-0.2, -0.15) is 0 Å². The van der Waals surface area contributed by atoms with Gasteiger partial charge in [-0.3, -0.25) is 0 Å². The molecule has 0 bridgehead atoms. The van der Waals surface area contributed by atoms with E-state index >= 15 is 0 Å². The van der Waals surface area contributed by atoms with Crippen LogP contribution in [-0.2, 0) is 4.74 Å². The number of hydrogen-bond donors (Lipinski definition) is 2. The van der Waals surface area contributed by atoms with Gasteiger partial charge in [0.1, 0.15) is 11.7 Å². The Bertz CT molecular complexity index is 875. The number of rotatable bonds is 1. The van der Waals surface area contributed by atoms with Crippen LogP contribution >= 0.6 is 0 Å². The van der Waals surface area contributed by atoms with Crippen molar-refractivity contribution in [2.75, 3.05) is 0 Å². The van der Waals surface area contributed by atoms with Crippen molar-refractivity contribution in [2.45, 2.75) is 88.6 Å². The number of fused-ring (bicyclic) bond motifs is 3. The second-order valence-electron chi connectivity index (χ2n) is 11.1. The van der Waals surface area contributed by atoms with Gasteiger partial charge < -0.3 is 19.4 Å². The smallest absolute Gasteiger partial charge is 0.335 e. The van der Waals surface area contributed by atoms with E-state index in [-0.39, 0.29) is 40.2 Å². The van der Waals surface area contributed by atoms with Gasteiger partial charge in [0.05, 0.1) is 18.5 Å². The summed E-state index contributed by atoms with van der Waals surface area (Å²) in [5.74, 6) is 1.63. The monoisotopic (exact) mass is 400 g/mol. The highest BCUT2D eigenvalue weighted by atomic mass is 16.6. The molecule has 2 heterocycles. The molecule has 10 atom stereocenters. The summed E-state index contributed by atoms with van der Waals surface area (Å²) in [6, 6.07) is 3.30. The zero-order chi connectivity index (χ0) is 20.2. The average molecular weight is 401 g/mol. The lowest BCUT2D eigenvalue weighted by Gasteiger charge is -2.61. The fourth-order valence-electron chi connectivity index (χ4n) is 8.81. The maximum Gasteiger partial charge on any atom is 0.335 e. The fourth-order valence-corrected chi connectivity index (χ4v) is 8.81. The third-order valence-corrected chi connectivity index (χ3v) is 10.2. The molecule has 0 unspecified atom stereocenters. The van der Waals surface area contributed by atoms with Gasteiger partial charge >= 0.3 is 5.63 Å². The van der Waals surface area contributed by atoms with E-state index in [1.165, 1.54) is 6.07 Å². The predicted molar refractivity (Wildman–Crippen MR) is 106 cm³/mol. The van der Waals surface area contributed by atoms with Gasteiger partial charge in [-0.1, -0.05) is 13.8 Å². The van der Waals surface area contributed by atoms with Crippen molar-refractivity contribution in [3.63, 3.8) is 0 Å². The maximum atomic E-state index is 11.5. The molecule has 29 heavy (non-hydrogen) atoms. The molecule has 5 aliphatic rings. The normalized spacial score (nSPS) is 55.4. The third-order valence-electron chi connectivity index (χ3n) is 10.2. The molecule has 0 aromatic carbocycles. The SMILES string of the molecule is C[C@]12CC[C@H](O)C[C@@H]1CC[C@@H]1[C@H]2CC[C@]2(C)[C@@H](c3ccc(=O)oc3)[C@@H](O)[C@H]3O[C@]132. The first-order valence-corrected chi connectivity index (χ1v) is 11.4. The van der Waals surface area contributed by atoms with Crippen LogP contribution in [0.5, 0.6) is 0 Å². The van der Waals surface area contributed by atoms with E-state index in [1.54, 1.807) is 6.26 Å². The van der Waals surface area contributed by atoms with Gasteiger partial charge in [0, 0.05) is 17.4 Å². The summed E-state index contributed by atoms with van der Waals surface area (Å²) < 4.78 is 11.6. The van der Waals surface area contributed by atoms with Gasteiger partial charge in [0.15, 0.2) is 0 Å². The van der Waals surface area contributed by atoms with E-state index in [0.717, 1.165) is 50.5 Å². The van der Waals surface area contributed by atoms with Crippen molar-refractivity contribution in [1.29, 1.82) is 0 Å². The third kappa shape index (κ3) is 2.14. The Balaban J connectivity index is 1.38. The van der Waals surface area contributed by atoms with E-state index < -0.39 is 6.10 Å². The van der Waals surface area contributed by atoms with E-state index in [4.69, 9.17) is 9.15 Å². The quantitative estimate of drug-likeness (QED) is 0.707. The molecule has 2 N–H and O–H groups in total. The highest BCUT2D eigenvalue weighted by molar-refractivity contribution is 5.38. The number of ether oxygens (including phenoxy) is 1. The summed E-state index contributed by atoms with van der Waals surface area (Å²) in [6.07, 6.45) is 8.19. The molecule has 1 aromatic rings. The maximum absolute atomic E-state index is 11.5. The van der Waals surface area contributed by atoms with Gasteiger partial charge in [-0.25, -0.2) is 4.79 Å². The van der Waals surface area contributed by atoms with E-state index in [2.05, 4.69) is 13.8 Å². The minimum absolute atomic E-state index is 0.0507. The molecule has 5 nitrogen and oxygen atoms in total. The molecule has 0 amide bonds. The van der Waals surface area contributed by atoms with Crippen LogP contribution < -0.4 is 5.63 Å². The summed E-state index contributed by atoms with van der Waals surface area (Å²) in [6.45, 7) is 4.76. The molecule has 1 aliphatic heterocycles. The first-order valence-electron chi connectivity index (χ1n) is 11.4.